The monoisotopic (exact) mass is 216 g/mol. The van der Waals surface area contributed by atoms with E-state index in [1.807, 2.05) is 6.07 Å². The minimum atomic E-state index is -0.132. The Hall–Kier alpha value is -1.63. The van der Waals surface area contributed by atoms with E-state index in [0.717, 1.165) is 0 Å². The zero-order valence-corrected chi connectivity index (χ0v) is 10.00. The summed E-state index contributed by atoms with van der Waals surface area (Å²) in [5.74, 6) is -0.132. The fraction of sp³-hybridized carbons (Fsp3) is 0.200. The Balaban J connectivity index is 0.000000160. The molecule has 0 aliphatic carbocycles. The highest BCUT2D eigenvalue weighted by Crippen LogP contribution is 2.02. The smallest absolute Gasteiger partial charge is 0.126 e. The molecule has 16 heavy (non-hydrogen) atoms. The van der Waals surface area contributed by atoms with Crippen LogP contribution in [0.5, 0.6) is 0 Å². The van der Waals surface area contributed by atoms with E-state index in [0.29, 0.717) is 5.56 Å². The van der Waals surface area contributed by atoms with Gasteiger partial charge in [0.1, 0.15) is 5.82 Å². The zero-order chi connectivity index (χ0) is 12.0. The molecule has 0 saturated heterocycles. The summed E-state index contributed by atoms with van der Waals surface area (Å²) in [7, 11) is 0. The number of rotatable bonds is 0. The fourth-order valence-corrected chi connectivity index (χ4v) is 1.36. The molecule has 2 rings (SSSR count). The molecule has 0 bridgehead atoms. The van der Waals surface area contributed by atoms with Crippen molar-refractivity contribution in [2.75, 3.05) is 0 Å². The largest absolute Gasteiger partial charge is 0.207 e. The van der Waals surface area contributed by atoms with Crippen molar-refractivity contribution in [3.8, 4) is 0 Å². The van der Waals surface area contributed by atoms with Crippen molar-refractivity contribution in [3.63, 3.8) is 0 Å². The summed E-state index contributed by atoms with van der Waals surface area (Å²) in [6.45, 7) is 5.95. The second-order valence-electron chi connectivity index (χ2n) is 3.91. The zero-order valence-electron chi connectivity index (χ0n) is 10.00. The third-order valence-corrected chi connectivity index (χ3v) is 2.25. The molecule has 0 aliphatic rings. The Morgan fingerprint density at radius 3 is 1.62 bits per heavy atom. The summed E-state index contributed by atoms with van der Waals surface area (Å²) in [5, 5.41) is 0. The Kier molecular flexibility index (Phi) is 4.71. The van der Waals surface area contributed by atoms with Gasteiger partial charge < -0.3 is 0 Å². The topological polar surface area (TPSA) is 0 Å². The van der Waals surface area contributed by atoms with Crippen LogP contribution in [0.1, 0.15) is 16.7 Å². The van der Waals surface area contributed by atoms with E-state index in [1.54, 1.807) is 19.1 Å². The van der Waals surface area contributed by atoms with Gasteiger partial charge in [-0.05, 0) is 32.4 Å². The van der Waals surface area contributed by atoms with Crippen LogP contribution in [-0.4, -0.2) is 0 Å². The van der Waals surface area contributed by atoms with Gasteiger partial charge in [0.25, 0.3) is 0 Å². The molecule has 0 heterocycles. The van der Waals surface area contributed by atoms with Crippen molar-refractivity contribution in [2.45, 2.75) is 20.8 Å². The summed E-state index contributed by atoms with van der Waals surface area (Å²) >= 11 is 0. The molecule has 0 amide bonds. The molecule has 0 saturated carbocycles. The van der Waals surface area contributed by atoms with Crippen molar-refractivity contribution >= 4 is 0 Å². The van der Waals surface area contributed by atoms with E-state index in [4.69, 9.17) is 0 Å². The van der Waals surface area contributed by atoms with Crippen molar-refractivity contribution in [3.05, 3.63) is 71.0 Å². The molecule has 0 aromatic heterocycles. The van der Waals surface area contributed by atoms with Crippen LogP contribution in [0, 0.1) is 26.6 Å². The molecule has 0 N–H and O–H groups in total. The lowest BCUT2D eigenvalue weighted by Crippen LogP contribution is -1.76. The average Bonchev–Trinajstić information content (AvgIpc) is 2.23. The van der Waals surface area contributed by atoms with Gasteiger partial charge in [0.05, 0.1) is 0 Å². The first-order valence-electron chi connectivity index (χ1n) is 5.34. The Morgan fingerprint density at radius 2 is 1.31 bits per heavy atom. The maximum Gasteiger partial charge on any atom is 0.126 e. The maximum absolute atomic E-state index is 12.3. The van der Waals surface area contributed by atoms with Gasteiger partial charge in [-0.1, -0.05) is 53.6 Å². The lowest BCUT2D eigenvalue weighted by atomic mass is 10.2. The summed E-state index contributed by atoms with van der Waals surface area (Å²) in [5.41, 5.74) is 3.38. The number of hydrogen-bond acceptors (Lipinski definition) is 0. The SMILES string of the molecule is Cc1cccc(C)c1.Cc1ccccc1F. The van der Waals surface area contributed by atoms with Crippen molar-refractivity contribution < 1.29 is 4.39 Å². The Bertz CT molecular complexity index is 408. The summed E-state index contributed by atoms with van der Waals surface area (Å²) in [6, 6.07) is 15.1. The van der Waals surface area contributed by atoms with E-state index in [2.05, 4.69) is 38.1 Å². The first-order valence-corrected chi connectivity index (χ1v) is 5.34. The van der Waals surface area contributed by atoms with Crippen LogP contribution in [0.4, 0.5) is 4.39 Å². The molecule has 0 fully saturated rings. The van der Waals surface area contributed by atoms with Gasteiger partial charge in [-0.15, -0.1) is 0 Å². The van der Waals surface area contributed by atoms with Crippen LogP contribution in [0.3, 0.4) is 0 Å². The molecule has 0 nitrogen and oxygen atoms in total. The predicted octanol–water partition coefficient (Wildman–Crippen LogP) is 4.44. The third kappa shape index (κ3) is 4.26. The molecular weight excluding hydrogens is 199 g/mol. The first kappa shape index (κ1) is 12.4. The number of hydrogen-bond donors (Lipinski definition) is 0. The van der Waals surface area contributed by atoms with Crippen LogP contribution in [0.25, 0.3) is 0 Å². The van der Waals surface area contributed by atoms with Gasteiger partial charge in [0, 0.05) is 0 Å². The molecule has 2 aromatic rings. The highest BCUT2D eigenvalue weighted by Gasteiger charge is 1.88. The predicted molar refractivity (Wildman–Crippen MR) is 67.1 cm³/mol. The third-order valence-electron chi connectivity index (χ3n) is 2.25. The molecule has 0 unspecified atom stereocenters. The average molecular weight is 216 g/mol. The number of benzene rings is 2. The molecule has 0 atom stereocenters. The van der Waals surface area contributed by atoms with Gasteiger partial charge in [-0.25, -0.2) is 4.39 Å². The quantitative estimate of drug-likeness (QED) is 0.610. The number of aryl methyl sites for hydroxylation is 3. The normalized spacial score (nSPS) is 9.25. The second kappa shape index (κ2) is 6.06. The van der Waals surface area contributed by atoms with E-state index >= 15 is 0 Å². The van der Waals surface area contributed by atoms with E-state index in [9.17, 15) is 4.39 Å². The lowest BCUT2D eigenvalue weighted by Gasteiger charge is -1.90. The van der Waals surface area contributed by atoms with Crippen LogP contribution in [-0.2, 0) is 0 Å². The first-order chi connectivity index (χ1) is 7.59. The fourth-order valence-electron chi connectivity index (χ4n) is 1.36. The summed E-state index contributed by atoms with van der Waals surface area (Å²) in [4.78, 5) is 0. The van der Waals surface area contributed by atoms with E-state index in [1.165, 1.54) is 17.2 Å². The Morgan fingerprint density at radius 1 is 0.750 bits per heavy atom. The van der Waals surface area contributed by atoms with Gasteiger partial charge >= 0.3 is 0 Å². The highest BCUT2D eigenvalue weighted by molar-refractivity contribution is 5.20. The minimum Gasteiger partial charge on any atom is -0.207 e. The van der Waals surface area contributed by atoms with Crippen LogP contribution in [0.15, 0.2) is 48.5 Å². The molecule has 0 spiro atoms. The van der Waals surface area contributed by atoms with Gasteiger partial charge in [-0.3, -0.25) is 0 Å². The second-order valence-corrected chi connectivity index (χ2v) is 3.91. The minimum absolute atomic E-state index is 0.132. The van der Waals surface area contributed by atoms with Gasteiger partial charge in [0.15, 0.2) is 0 Å². The molecule has 0 radical (unpaired) electrons. The van der Waals surface area contributed by atoms with Crippen LogP contribution >= 0.6 is 0 Å². The highest BCUT2D eigenvalue weighted by atomic mass is 19.1. The molecular formula is C15H17F. The summed E-state index contributed by atoms with van der Waals surface area (Å²) < 4.78 is 12.3. The summed E-state index contributed by atoms with van der Waals surface area (Å²) in [6.07, 6.45) is 0. The van der Waals surface area contributed by atoms with E-state index < -0.39 is 0 Å². The van der Waals surface area contributed by atoms with Gasteiger partial charge in [-0.2, -0.15) is 0 Å². The van der Waals surface area contributed by atoms with Gasteiger partial charge in [0.2, 0.25) is 0 Å². The number of halogens is 1. The maximum atomic E-state index is 12.3. The van der Waals surface area contributed by atoms with Crippen LogP contribution in [0.2, 0.25) is 0 Å². The standard InChI is InChI=1S/C8H10.C7H7F/c1-7-4-3-5-8(2)6-7;1-6-4-2-3-5-7(6)8/h3-6H,1-2H3;2-5H,1H3. The van der Waals surface area contributed by atoms with Crippen molar-refractivity contribution in [1.29, 1.82) is 0 Å². The van der Waals surface area contributed by atoms with Crippen molar-refractivity contribution in [1.82, 2.24) is 0 Å². The lowest BCUT2D eigenvalue weighted by molar-refractivity contribution is 0.618. The molecule has 0 aliphatic heterocycles. The molecule has 84 valence electrons. The molecule has 2 aromatic carbocycles. The van der Waals surface area contributed by atoms with E-state index in [-0.39, 0.29) is 5.82 Å². The van der Waals surface area contributed by atoms with Crippen LogP contribution < -0.4 is 0 Å². The Labute approximate surface area is 96.8 Å². The van der Waals surface area contributed by atoms with Crippen molar-refractivity contribution in [2.24, 2.45) is 0 Å². The molecule has 1 heteroatoms.